The maximum absolute atomic E-state index is 13.0. The lowest BCUT2D eigenvalue weighted by molar-refractivity contribution is -0.167. The third-order valence-corrected chi connectivity index (χ3v) is 16.2. The molecule has 482 valence electrons. The first-order valence-electron chi connectivity index (χ1n) is 36.4. The van der Waals surface area contributed by atoms with E-state index < -0.39 is 6.10 Å². The van der Waals surface area contributed by atoms with Gasteiger partial charge in [-0.15, -0.1) is 0 Å². The predicted molar refractivity (Wildman–Crippen MR) is 362 cm³/mol. The average molecular weight is 1160 g/mol. The molecule has 0 aliphatic carbocycles. The van der Waals surface area contributed by atoms with Crippen molar-refractivity contribution in [3.8, 4) is 0 Å². The summed E-state index contributed by atoms with van der Waals surface area (Å²) in [6, 6.07) is 0. The molecule has 0 aromatic rings. The molecule has 1 atom stereocenters. The first-order valence-corrected chi connectivity index (χ1v) is 36.4. The van der Waals surface area contributed by atoms with Crippen LogP contribution in [0.15, 0.2) is 72.9 Å². The predicted octanol–water partition coefficient (Wildman–Crippen LogP) is 25.2. The van der Waals surface area contributed by atoms with Crippen molar-refractivity contribution >= 4 is 17.9 Å². The molecule has 0 aliphatic heterocycles. The van der Waals surface area contributed by atoms with Crippen LogP contribution in [0.1, 0.15) is 380 Å². The summed E-state index contributed by atoms with van der Waals surface area (Å²) in [6.45, 7) is 6.59. The minimum atomic E-state index is -0.773. The molecule has 83 heavy (non-hydrogen) atoms. The molecular formula is C77H138O6. The van der Waals surface area contributed by atoms with Crippen molar-refractivity contribution in [3.05, 3.63) is 72.9 Å². The van der Waals surface area contributed by atoms with Crippen molar-refractivity contribution < 1.29 is 28.6 Å². The maximum atomic E-state index is 13.0. The van der Waals surface area contributed by atoms with Crippen LogP contribution in [0.25, 0.3) is 0 Å². The van der Waals surface area contributed by atoms with Gasteiger partial charge in [0.25, 0.3) is 0 Å². The summed E-state index contributed by atoms with van der Waals surface area (Å²) < 4.78 is 17.0. The largest absolute Gasteiger partial charge is 0.462 e. The number of ether oxygens (including phenoxy) is 3. The molecule has 6 heteroatoms. The van der Waals surface area contributed by atoms with E-state index in [1.165, 1.54) is 244 Å². The molecule has 1 unspecified atom stereocenters. The molecule has 6 nitrogen and oxygen atoms in total. The highest BCUT2D eigenvalue weighted by atomic mass is 16.6. The van der Waals surface area contributed by atoms with E-state index >= 15 is 0 Å². The number of carbonyl (C=O) groups is 3. The van der Waals surface area contributed by atoms with Crippen molar-refractivity contribution in [1.29, 1.82) is 0 Å². The Bertz CT molecular complexity index is 1520. The second kappa shape index (κ2) is 71.3. The topological polar surface area (TPSA) is 78.9 Å². The van der Waals surface area contributed by atoms with Crippen molar-refractivity contribution in [2.24, 2.45) is 0 Å². The van der Waals surface area contributed by atoms with Crippen LogP contribution >= 0.6 is 0 Å². The van der Waals surface area contributed by atoms with Crippen LogP contribution in [-0.4, -0.2) is 37.2 Å². The summed E-state index contributed by atoms with van der Waals surface area (Å²) in [5, 5.41) is 0. The molecule has 0 saturated carbocycles. The Morgan fingerprint density at radius 3 is 0.735 bits per heavy atom. The van der Waals surface area contributed by atoms with Gasteiger partial charge in [-0.2, -0.15) is 0 Å². The summed E-state index contributed by atoms with van der Waals surface area (Å²) >= 11 is 0. The van der Waals surface area contributed by atoms with Gasteiger partial charge in [-0.1, -0.05) is 363 Å². The van der Waals surface area contributed by atoms with Crippen LogP contribution in [0.2, 0.25) is 0 Å². The summed E-state index contributed by atoms with van der Waals surface area (Å²) in [4.78, 5) is 38.5. The minimum Gasteiger partial charge on any atom is -0.462 e. The molecule has 0 aliphatic rings. The number of hydrogen-bond donors (Lipinski definition) is 0. The summed E-state index contributed by atoms with van der Waals surface area (Å²) in [7, 11) is 0. The summed E-state index contributed by atoms with van der Waals surface area (Å²) in [5.74, 6) is -0.843. The lowest BCUT2D eigenvalue weighted by Gasteiger charge is -2.18. The minimum absolute atomic E-state index is 0.0687. The van der Waals surface area contributed by atoms with Gasteiger partial charge in [0.1, 0.15) is 13.2 Å². The summed E-state index contributed by atoms with van der Waals surface area (Å²) in [6.07, 6.45) is 93.6. The molecule has 0 saturated heterocycles. The van der Waals surface area contributed by atoms with Crippen molar-refractivity contribution in [2.75, 3.05) is 13.2 Å². The number of rotatable bonds is 67. The zero-order valence-electron chi connectivity index (χ0n) is 55.5. The van der Waals surface area contributed by atoms with E-state index in [1.807, 2.05) is 0 Å². The number of hydrogen-bond acceptors (Lipinski definition) is 6. The van der Waals surface area contributed by atoms with Crippen LogP contribution in [0, 0.1) is 0 Å². The van der Waals surface area contributed by atoms with E-state index in [-0.39, 0.29) is 31.1 Å². The number of unbranched alkanes of at least 4 members (excludes halogenated alkanes) is 44. The SMILES string of the molecule is CC/C=C\C/C=C\C/C=C\C/C=C\C/C=C\C/C=C\CCCCCCCCCCCCCCC(=O)OCC(COC(=O)CCCCCCCCCCCCCCCC)OC(=O)CCCCCCCCCCCCCCCCCCCCCC. The van der Waals surface area contributed by atoms with Crippen LogP contribution in [0.4, 0.5) is 0 Å². The molecule has 0 amide bonds. The van der Waals surface area contributed by atoms with E-state index in [0.717, 1.165) is 96.3 Å². The van der Waals surface area contributed by atoms with Crippen molar-refractivity contribution in [2.45, 2.75) is 386 Å². The highest BCUT2D eigenvalue weighted by molar-refractivity contribution is 5.71. The lowest BCUT2D eigenvalue weighted by atomic mass is 10.0. The van der Waals surface area contributed by atoms with E-state index in [1.54, 1.807) is 0 Å². The highest BCUT2D eigenvalue weighted by Crippen LogP contribution is 2.18. The van der Waals surface area contributed by atoms with Gasteiger partial charge in [0.2, 0.25) is 0 Å². The van der Waals surface area contributed by atoms with Gasteiger partial charge >= 0.3 is 17.9 Å². The lowest BCUT2D eigenvalue weighted by Crippen LogP contribution is -2.30. The monoisotopic (exact) mass is 1160 g/mol. The highest BCUT2D eigenvalue weighted by Gasteiger charge is 2.19. The molecule has 0 bridgehead atoms. The third-order valence-electron chi connectivity index (χ3n) is 16.2. The van der Waals surface area contributed by atoms with Gasteiger partial charge in [-0.3, -0.25) is 14.4 Å². The second-order valence-electron chi connectivity index (χ2n) is 24.5. The summed E-state index contributed by atoms with van der Waals surface area (Å²) in [5.41, 5.74) is 0. The van der Waals surface area contributed by atoms with Gasteiger partial charge in [-0.25, -0.2) is 0 Å². The van der Waals surface area contributed by atoms with Crippen LogP contribution in [-0.2, 0) is 28.6 Å². The molecule has 0 fully saturated rings. The fourth-order valence-electron chi connectivity index (χ4n) is 10.8. The van der Waals surface area contributed by atoms with E-state index in [0.29, 0.717) is 19.3 Å². The van der Waals surface area contributed by atoms with E-state index in [4.69, 9.17) is 14.2 Å². The van der Waals surface area contributed by atoms with E-state index in [2.05, 4.69) is 93.7 Å². The third kappa shape index (κ3) is 69.5. The van der Waals surface area contributed by atoms with Gasteiger partial charge in [0, 0.05) is 19.3 Å². The molecule has 0 rings (SSSR count). The number of esters is 3. The molecule has 0 heterocycles. The van der Waals surface area contributed by atoms with Crippen LogP contribution < -0.4 is 0 Å². The van der Waals surface area contributed by atoms with Crippen molar-refractivity contribution in [3.63, 3.8) is 0 Å². The van der Waals surface area contributed by atoms with Gasteiger partial charge in [-0.05, 0) is 70.6 Å². The Hall–Kier alpha value is -3.15. The quantitative estimate of drug-likeness (QED) is 0.0261. The fraction of sp³-hybridized carbons (Fsp3) is 0.805. The smallest absolute Gasteiger partial charge is 0.306 e. The van der Waals surface area contributed by atoms with Crippen LogP contribution in [0.3, 0.4) is 0 Å². The Balaban J connectivity index is 4.23. The van der Waals surface area contributed by atoms with Gasteiger partial charge in [0.05, 0.1) is 0 Å². The normalized spacial score (nSPS) is 12.5. The van der Waals surface area contributed by atoms with Gasteiger partial charge in [0.15, 0.2) is 6.10 Å². The molecule has 0 radical (unpaired) electrons. The Labute approximate surface area is 516 Å². The first-order chi connectivity index (χ1) is 41.0. The molecular weight excluding hydrogens is 1020 g/mol. The molecule has 0 N–H and O–H groups in total. The van der Waals surface area contributed by atoms with Crippen LogP contribution in [0.5, 0.6) is 0 Å². The average Bonchev–Trinajstić information content (AvgIpc) is 3.49. The zero-order valence-corrected chi connectivity index (χ0v) is 55.5. The number of allylic oxidation sites excluding steroid dienone is 12. The van der Waals surface area contributed by atoms with Crippen molar-refractivity contribution in [1.82, 2.24) is 0 Å². The van der Waals surface area contributed by atoms with E-state index in [9.17, 15) is 14.4 Å². The number of carbonyl (C=O) groups excluding carboxylic acids is 3. The Morgan fingerprint density at radius 2 is 0.470 bits per heavy atom. The molecule has 0 aromatic heterocycles. The Kier molecular flexibility index (Phi) is 68.6. The maximum Gasteiger partial charge on any atom is 0.306 e. The Morgan fingerprint density at radius 1 is 0.253 bits per heavy atom. The fourth-order valence-corrected chi connectivity index (χ4v) is 10.8. The second-order valence-corrected chi connectivity index (χ2v) is 24.5. The standard InChI is InChI=1S/C77H138O6/c1-4-7-10-13-16-19-22-25-28-30-32-34-35-36-37-38-39-40-41-42-43-44-46-47-49-52-55-58-61-64-67-70-76(79)82-73-74(72-81-75(78)69-66-63-60-57-54-51-27-24-21-18-15-12-9-6-3)83-77(80)71-68-65-62-59-56-53-50-48-45-33-31-29-26-23-20-17-14-11-8-5-2/h7,10,16,19,25,28,32,34,36-37,39-40,74H,4-6,8-9,11-15,17-18,20-24,26-27,29-31,33,35,38,41-73H2,1-3H3/b10-7-,19-16-,28-25-,34-32-,37-36-,40-39-. The molecule has 0 aromatic carbocycles. The zero-order chi connectivity index (χ0) is 59.9. The first kappa shape index (κ1) is 79.8. The molecule has 0 spiro atoms. The van der Waals surface area contributed by atoms with Gasteiger partial charge < -0.3 is 14.2 Å².